The number of aromatic nitrogens is 2. The Morgan fingerprint density at radius 1 is 1.11 bits per heavy atom. The van der Waals surface area contributed by atoms with E-state index < -0.39 is 0 Å². The minimum Gasteiger partial charge on any atom is -0.330 e. The van der Waals surface area contributed by atoms with Gasteiger partial charge in [-0.05, 0) is 36.2 Å². The van der Waals surface area contributed by atoms with Crippen molar-refractivity contribution in [3.8, 4) is 0 Å². The molecular formula is C15H15N3S. The van der Waals surface area contributed by atoms with Crippen LogP contribution < -0.4 is 5.73 Å². The molecule has 0 aliphatic rings. The van der Waals surface area contributed by atoms with Gasteiger partial charge < -0.3 is 5.73 Å². The number of para-hydroxylation sites is 1. The zero-order valence-electron chi connectivity index (χ0n) is 10.5. The number of thiazole rings is 1. The van der Waals surface area contributed by atoms with Crippen molar-refractivity contribution in [3.05, 3.63) is 59.4 Å². The molecule has 2 aromatic heterocycles. The fraction of sp³-hybridized carbons (Fsp3) is 0.200. The number of fused-ring (bicyclic) bond motifs is 1. The van der Waals surface area contributed by atoms with Crippen molar-refractivity contribution < 1.29 is 0 Å². The van der Waals surface area contributed by atoms with Crippen molar-refractivity contribution in [2.45, 2.75) is 12.3 Å². The second-order valence-electron chi connectivity index (χ2n) is 4.51. The quantitative estimate of drug-likeness (QED) is 0.792. The van der Waals surface area contributed by atoms with Gasteiger partial charge in [0.2, 0.25) is 0 Å². The average Bonchev–Trinajstić information content (AvgIpc) is 2.89. The van der Waals surface area contributed by atoms with Gasteiger partial charge >= 0.3 is 0 Å². The molecular weight excluding hydrogens is 254 g/mol. The summed E-state index contributed by atoms with van der Waals surface area (Å²) < 4.78 is 1.23. The number of hydrogen-bond donors (Lipinski definition) is 1. The minimum absolute atomic E-state index is 0.278. The first-order valence-corrected chi connectivity index (χ1v) is 7.13. The molecule has 2 heterocycles. The molecule has 19 heavy (non-hydrogen) atoms. The molecule has 0 aliphatic heterocycles. The van der Waals surface area contributed by atoms with Crippen LogP contribution in [-0.2, 0) is 6.42 Å². The molecule has 0 bridgehead atoms. The van der Waals surface area contributed by atoms with Gasteiger partial charge in [0, 0.05) is 24.9 Å². The molecule has 4 heteroatoms. The summed E-state index contributed by atoms with van der Waals surface area (Å²) in [5.74, 6) is 0.278. The van der Waals surface area contributed by atoms with Crippen LogP contribution in [0.15, 0.2) is 48.8 Å². The van der Waals surface area contributed by atoms with Gasteiger partial charge in [0.1, 0.15) is 0 Å². The number of nitrogens with zero attached hydrogens (tertiary/aromatic N) is 2. The van der Waals surface area contributed by atoms with Crippen LogP contribution in [0.1, 0.15) is 16.5 Å². The highest BCUT2D eigenvalue weighted by molar-refractivity contribution is 7.18. The molecule has 3 nitrogen and oxygen atoms in total. The zero-order chi connectivity index (χ0) is 13.1. The number of rotatable bonds is 4. The monoisotopic (exact) mass is 269 g/mol. The molecule has 0 saturated heterocycles. The minimum atomic E-state index is 0.278. The van der Waals surface area contributed by atoms with Crippen molar-refractivity contribution in [1.82, 2.24) is 9.97 Å². The number of nitrogens with two attached hydrogens (primary N) is 1. The third kappa shape index (κ3) is 2.64. The summed E-state index contributed by atoms with van der Waals surface area (Å²) in [4.78, 5) is 8.74. The van der Waals surface area contributed by atoms with Crippen molar-refractivity contribution in [3.63, 3.8) is 0 Å². The molecule has 0 saturated carbocycles. The van der Waals surface area contributed by atoms with Gasteiger partial charge in [-0.3, -0.25) is 4.98 Å². The lowest BCUT2D eigenvalue weighted by Gasteiger charge is -2.11. The van der Waals surface area contributed by atoms with Gasteiger partial charge in [0.05, 0.1) is 15.2 Å². The van der Waals surface area contributed by atoms with Crippen LogP contribution in [0.3, 0.4) is 0 Å². The maximum absolute atomic E-state index is 5.93. The summed E-state index contributed by atoms with van der Waals surface area (Å²) in [6, 6.07) is 12.3. The van der Waals surface area contributed by atoms with Gasteiger partial charge in [0.15, 0.2) is 0 Å². The van der Waals surface area contributed by atoms with E-state index >= 15 is 0 Å². The van der Waals surface area contributed by atoms with Crippen LogP contribution >= 0.6 is 11.3 Å². The summed E-state index contributed by atoms with van der Waals surface area (Å²) in [5, 5.41) is 1.13. The van der Waals surface area contributed by atoms with Gasteiger partial charge in [-0.2, -0.15) is 0 Å². The Balaban J connectivity index is 1.89. The van der Waals surface area contributed by atoms with Crippen LogP contribution in [-0.4, -0.2) is 16.5 Å². The largest absolute Gasteiger partial charge is 0.330 e. The highest BCUT2D eigenvalue weighted by Gasteiger charge is 2.15. The second kappa shape index (κ2) is 5.47. The van der Waals surface area contributed by atoms with E-state index in [1.54, 1.807) is 11.3 Å². The Bertz CT molecular complexity index is 630. The molecule has 0 radical (unpaired) electrons. The third-order valence-corrected chi connectivity index (χ3v) is 4.37. The Kier molecular flexibility index (Phi) is 3.53. The summed E-state index contributed by atoms with van der Waals surface area (Å²) in [6.07, 6.45) is 4.56. The first kappa shape index (κ1) is 12.3. The molecule has 1 aromatic carbocycles. The first-order chi connectivity index (χ1) is 9.36. The number of hydrogen-bond acceptors (Lipinski definition) is 4. The fourth-order valence-corrected chi connectivity index (χ4v) is 3.22. The molecule has 1 atom stereocenters. The normalized spacial score (nSPS) is 12.7. The molecule has 3 rings (SSSR count). The predicted octanol–water partition coefficient (Wildman–Crippen LogP) is 2.98. The first-order valence-electron chi connectivity index (χ1n) is 6.31. The zero-order valence-corrected chi connectivity index (χ0v) is 11.3. The van der Waals surface area contributed by atoms with Gasteiger partial charge in [0.25, 0.3) is 0 Å². The lowest BCUT2D eigenvalue weighted by Crippen LogP contribution is -2.14. The Morgan fingerprint density at radius 3 is 2.63 bits per heavy atom. The van der Waals surface area contributed by atoms with Gasteiger partial charge in [-0.15, -0.1) is 11.3 Å². The summed E-state index contributed by atoms with van der Waals surface area (Å²) >= 11 is 1.74. The molecule has 96 valence electrons. The molecule has 2 N–H and O–H groups in total. The van der Waals surface area contributed by atoms with E-state index in [1.165, 1.54) is 10.3 Å². The lowest BCUT2D eigenvalue weighted by molar-refractivity contribution is 0.690. The molecule has 0 amide bonds. The SMILES string of the molecule is NCC(Cc1ccncc1)c1nc2ccccc2s1. The Labute approximate surface area is 116 Å². The van der Waals surface area contributed by atoms with E-state index in [4.69, 9.17) is 10.7 Å². The highest BCUT2D eigenvalue weighted by atomic mass is 32.1. The van der Waals surface area contributed by atoms with Crippen LogP contribution in [0.4, 0.5) is 0 Å². The van der Waals surface area contributed by atoms with Gasteiger partial charge in [-0.25, -0.2) is 4.98 Å². The predicted molar refractivity (Wildman–Crippen MR) is 79.4 cm³/mol. The van der Waals surface area contributed by atoms with E-state index in [9.17, 15) is 0 Å². The van der Waals surface area contributed by atoms with Crippen molar-refractivity contribution in [1.29, 1.82) is 0 Å². The maximum Gasteiger partial charge on any atom is 0.0985 e. The molecule has 0 fully saturated rings. The third-order valence-electron chi connectivity index (χ3n) is 3.18. The van der Waals surface area contributed by atoms with Crippen molar-refractivity contribution in [2.24, 2.45) is 5.73 Å². The second-order valence-corrected chi connectivity index (χ2v) is 5.57. The summed E-state index contributed by atoms with van der Waals surface area (Å²) in [5.41, 5.74) is 8.25. The van der Waals surface area contributed by atoms with Gasteiger partial charge in [-0.1, -0.05) is 12.1 Å². The van der Waals surface area contributed by atoms with E-state index in [0.29, 0.717) is 6.54 Å². The Hall–Kier alpha value is -1.78. The van der Waals surface area contributed by atoms with E-state index in [2.05, 4.69) is 17.1 Å². The van der Waals surface area contributed by atoms with Crippen LogP contribution in [0.5, 0.6) is 0 Å². The Morgan fingerprint density at radius 2 is 1.89 bits per heavy atom. The smallest absolute Gasteiger partial charge is 0.0985 e. The van der Waals surface area contributed by atoms with E-state index in [1.807, 2.05) is 36.7 Å². The molecule has 1 unspecified atom stereocenters. The maximum atomic E-state index is 5.93. The highest BCUT2D eigenvalue weighted by Crippen LogP contribution is 2.28. The van der Waals surface area contributed by atoms with Crippen LogP contribution in [0.2, 0.25) is 0 Å². The number of benzene rings is 1. The van der Waals surface area contributed by atoms with Crippen molar-refractivity contribution >= 4 is 21.6 Å². The fourth-order valence-electron chi connectivity index (χ4n) is 2.14. The molecule has 0 spiro atoms. The standard InChI is InChI=1S/C15H15N3S/c16-10-12(9-11-5-7-17-8-6-11)15-18-13-3-1-2-4-14(13)19-15/h1-8,12H,9-10,16H2. The van der Waals surface area contributed by atoms with E-state index in [-0.39, 0.29) is 5.92 Å². The summed E-state index contributed by atoms with van der Waals surface area (Å²) in [6.45, 7) is 0.613. The van der Waals surface area contributed by atoms with Crippen LogP contribution in [0.25, 0.3) is 10.2 Å². The summed E-state index contributed by atoms with van der Waals surface area (Å²) in [7, 11) is 0. The van der Waals surface area contributed by atoms with Crippen molar-refractivity contribution in [2.75, 3.05) is 6.54 Å². The lowest BCUT2D eigenvalue weighted by atomic mass is 10.0. The van der Waals surface area contributed by atoms with Crippen LogP contribution in [0, 0.1) is 0 Å². The topological polar surface area (TPSA) is 51.8 Å². The number of pyridine rings is 1. The van der Waals surface area contributed by atoms with E-state index in [0.717, 1.165) is 16.9 Å². The molecule has 0 aliphatic carbocycles. The average molecular weight is 269 g/mol. The molecule has 3 aromatic rings.